The van der Waals surface area contributed by atoms with Gasteiger partial charge in [-0.1, -0.05) is 6.92 Å². The molecule has 0 spiro atoms. The molecule has 1 N–H and O–H groups in total. The summed E-state index contributed by atoms with van der Waals surface area (Å²) >= 11 is 1.94. The number of nitrogens with zero attached hydrogens (tertiary/aromatic N) is 1. The number of hydrogen-bond donors (Lipinski definition) is 1. The van der Waals surface area contributed by atoms with E-state index < -0.39 is 0 Å². The lowest BCUT2D eigenvalue weighted by molar-refractivity contribution is 0.0519. The first-order chi connectivity index (χ1) is 8.38. The van der Waals surface area contributed by atoms with Gasteiger partial charge in [-0.05, 0) is 55.3 Å². The average molecular weight is 250 g/mol. The molecule has 17 heavy (non-hydrogen) atoms. The minimum absolute atomic E-state index is 0.849. The fraction of sp³-hybridized carbons (Fsp3) is 0.714. The molecule has 2 unspecified atom stereocenters. The van der Waals surface area contributed by atoms with Crippen LogP contribution in [0.4, 0.5) is 0 Å². The standard InChI is InChI=1S/C14H22N2S/c1-2-15-9-11-3-4-13(11)16-7-5-14-12(10-16)6-8-17-14/h6,8,11,13,15H,2-5,7,9-10H2,1H3. The minimum Gasteiger partial charge on any atom is -0.317 e. The summed E-state index contributed by atoms with van der Waals surface area (Å²) in [5.74, 6) is 0.898. The molecule has 0 aromatic carbocycles. The van der Waals surface area contributed by atoms with Crippen LogP contribution in [0.1, 0.15) is 30.2 Å². The molecule has 1 aliphatic carbocycles. The number of thiophene rings is 1. The summed E-state index contributed by atoms with van der Waals surface area (Å²) in [5, 5.41) is 5.76. The highest BCUT2D eigenvalue weighted by molar-refractivity contribution is 7.10. The van der Waals surface area contributed by atoms with E-state index in [0.717, 1.165) is 18.5 Å². The predicted octanol–water partition coefficient (Wildman–Crippen LogP) is 2.49. The van der Waals surface area contributed by atoms with Crippen molar-refractivity contribution in [3.63, 3.8) is 0 Å². The zero-order valence-electron chi connectivity index (χ0n) is 10.6. The van der Waals surface area contributed by atoms with Gasteiger partial charge in [0.1, 0.15) is 0 Å². The van der Waals surface area contributed by atoms with Gasteiger partial charge in [0.25, 0.3) is 0 Å². The summed E-state index contributed by atoms with van der Waals surface area (Å²) in [6.07, 6.45) is 4.11. The van der Waals surface area contributed by atoms with Crippen LogP contribution in [0.5, 0.6) is 0 Å². The number of fused-ring (bicyclic) bond motifs is 1. The minimum atomic E-state index is 0.849. The summed E-state index contributed by atoms with van der Waals surface area (Å²) < 4.78 is 0. The molecular weight excluding hydrogens is 228 g/mol. The van der Waals surface area contributed by atoms with E-state index in [-0.39, 0.29) is 0 Å². The molecule has 1 aliphatic heterocycles. The van der Waals surface area contributed by atoms with Crippen molar-refractivity contribution in [3.05, 3.63) is 21.9 Å². The highest BCUT2D eigenvalue weighted by Gasteiger charge is 2.36. The van der Waals surface area contributed by atoms with E-state index in [2.05, 4.69) is 28.6 Å². The number of rotatable bonds is 4. The molecule has 1 fully saturated rings. The first-order valence-electron chi connectivity index (χ1n) is 6.88. The van der Waals surface area contributed by atoms with Crippen LogP contribution in [0, 0.1) is 5.92 Å². The molecule has 0 radical (unpaired) electrons. The SMILES string of the molecule is CCNCC1CCC1N1CCc2sccc2C1. The predicted molar refractivity (Wildman–Crippen MR) is 73.5 cm³/mol. The molecule has 1 aromatic rings. The van der Waals surface area contributed by atoms with Crippen LogP contribution in [0.15, 0.2) is 11.4 Å². The van der Waals surface area contributed by atoms with Gasteiger partial charge in [0.05, 0.1) is 0 Å². The second-order valence-electron chi connectivity index (χ2n) is 5.30. The Morgan fingerprint density at radius 1 is 1.47 bits per heavy atom. The third kappa shape index (κ3) is 2.28. The lowest BCUT2D eigenvalue weighted by atomic mass is 9.77. The fourth-order valence-corrected chi connectivity index (χ4v) is 4.04. The molecule has 3 heteroatoms. The molecule has 1 saturated carbocycles. The molecule has 0 saturated heterocycles. The van der Waals surface area contributed by atoms with Crippen LogP contribution in [0.25, 0.3) is 0 Å². The highest BCUT2D eigenvalue weighted by Crippen LogP contribution is 2.35. The number of hydrogen-bond acceptors (Lipinski definition) is 3. The first kappa shape index (κ1) is 11.7. The monoisotopic (exact) mass is 250 g/mol. The molecule has 2 nitrogen and oxygen atoms in total. The van der Waals surface area contributed by atoms with E-state index in [1.165, 1.54) is 38.9 Å². The van der Waals surface area contributed by atoms with Gasteiger partial charge in [-0.15, -0.1) is 11.3 Å². The van der Waals surface area contributed by atoms with Crippen molar-refractivity contribution in [2.75, 3.05) is 19.6 Å². The van der Waals surface area contributed by atoms with Crippen molar-refractivity contribution >= 4 is 11.3 Å². The molecule has 1 aromatic heterocycles. The summed E-state index contributed by atoms with van der Waals surface area (Å²) in [6, 6.07) is 3.17. The third-order valence-corrected chi connectivity index (χ3v) is 5.36. The first-order valence-corrected chi connectivity index (χ1v) is 7.76. The maximum absolute atomic E-state index is 3.51. The quantitative estimate of drug-likeness (QED) is 0.883. The second-order valence-corrected chi connectivity index (χ2v) is 6.30. The lowest BCUT2D eigenvalue weighted by Crippen LogP contribution is -2.51. The normalized spacial score (nSPS) is 28.8. The largest absolute Gasteiger partial charge is 0.317 e. The number of nitrogens with one attached hydrogen (secondary N) is 1. The molecular formula is C14H22N2S. The molecule has 2 heterocycles. The Bertz CT molecular complexity index is 374. The van der Waals surface area contributed by atoms with Crippen LogP contribution in [0.2, 0.25) is 0 Å². The molecule has 3 rings (SSSR count). The van der Waals surface area contributed by atoms with Gasteiger partial charge >= 0.3 is 0 Å². The van der Waals surface area contributed by atoms with Crippen LogP contribution >= 0.6 is 11.3 Å². The van der Waals surface area contributed by atoms with Crippen molar-refractivity contribution < 1.29 is 0 Å². The Hall–Kier alpha value is -0.380. The zero-order chi connectivity index (χ0) is 11.7. The fourth-order valence-electron chi connectivity index (χ4n) is 3.15. The van der Waals surface area contributed by atoms with Crippen molar-refractivity contribution in [2.24, 2.45) is 5.92 Å². The van der Waals surface area contributed by atoms with Gasteiger partial charge in [-0.25, -0.2) is 0 Å². The molecule has 2 atom stereocenters. The van der Waals surface area contributed by atoms with Gasteiger partial charge < -0.3 is 5.32 Å². The van der Waals surface area contributed by atoms with Crippen molar-refractivity contribution in [3.8, 4) is 0 Å². The smallest absolute Gasteiger partial charge is 0.0247 e. The lowest BCUT2D eigenvalue weighted by Gasteiger charge is -2.46. The van der Waals surface area contributed by atoms with Gasteiger partial charge in [0.2, 0.25) is 0 Å². The molecule has 94 valence electrons. The Morgan fingerprint density at radius 3 is 3.18 bits per heavy atom. The van der Waals surface area contributed by atoms with Crippen LogP contribution in [-0.2, 0) is 13.0 Å². The summed E-state index contributed by atoms with van der Waals surface area (Å²) in [4.78, 5) is 4.35. The third-order valence-electron chi connectivity index (χ3n) is 4.34. The van der Waals surface area contributed by atoms with Crippen molar-refractivity contribution in [1.82, 2.24) is 10.2 Å². The summed E-state index contributed by atoms with van der Waals surface area (Å²) in [6.45, 7) is 7.01. The molecule has 0 amide bonds. The van der Waals surface area contributed by atoms with Gasteiger partial charge in [0, 0.05) is 24.0 Å². The van der Waals surface area contributed by atoms with Crippen molar-refractivity contribution in [2.45, 2.75) is 38.8 Å². The van der Waals surface area contributed by atoms with E-state index in [1.54, 1.807) is 10.4 Å². The highest BCUT2D eigenvalue weighted by atomic mass is 32.1. The van der Waals surface area contributed by atoms with E-state index in [4.69, 9.17) is 0 Å². The van der Waals surface area contributed by atoms with Gasteiger partial charge in [-0.2, -0.15) is 0 Å². The van der Waals surface area contributed by atoms with Crippen LogP contribution in [0.3, 0.4) is 0 Å². The van der Waals surface area contributed by atoms with E-state index >= 15 is 0 Å². The summed E-state index contributed by atoms with van der Waals surface area (Å²) in [7, 11) is 0. The van der Waals surface area contributed by atoms with Crippen LogP contribution in [-0.4, -0.2) is 30.6 Å². The molecule has 2 aliphatic rings. The van der Waals surface area contributed by atoms with E-state index in [9.17, 15) is 0 Å². The van der Waals surface area contributed by atoms with Gasteiger partial charge in [0.15, 0.2) is 0 Å². The van der Waals surface area contributed by atoms with Gasteiger partial charge in [-0.3, -0.25) is 4.90 Å². The second kappa shape index (κ2) is 5.09. The maximum Gasteiger partial charge on any atom is 0.0247 e. The Balaban J connectivity index is 1.59. The van der Waals surface area contributed by atoms with Crippen LogP contribution < -0.4 is 5.32 Å². The Labute approximate surface area is 108 Å². The maximum atomic E-state index is 3.51. The van der Waals surface area contributed by atoms with E-state index in [1.807, 2.05) is 11.3 Å². The zero-order valence-corrected chi connectivity index (χ0v) is 11.4. The molecule has 0 bridgehead atoms. The topological polar surface area (TPSA) is 15.3 Å². The Kier molecular flexibility index (Phi) is 3.50. The van der Waals surface area contributed by atoms with Crippen molar-refractivity contribution in [1.29, 1.82) is 0 Å². The Morgan fingerprint density at radius 2 is 2.41 bits per heavy atom. The average Bonchev–Trinajstić information content (AvgIpc) is 2.75. The summed E-state index contributed by atoms with van der Waals surface area (Å²) in [5.41, 5.74) is 1.59. The van der Waals surface area contributed by atoms with E-state index in [0.29, 0.717) is 0 Å².